The molecule has 140 valence electrons. The van der Waals surface area contributed by atoms with Crippen molar-refractivity contribution in [3.05, 3.63) is 46.3 Å². The van der Waals surface area contributed by atoms with Crippen LogP contribution in [0.5, 0.6) is 0 Å². The summed E-state index contributed by atoms with van der Waals surface area (Å²) in [5.74, 6) is -0.763. The molecule has 0 amide bonds. The molecule has 0 saturated heterocycles. The standard InChI is InChI=1S/C16H15F3N2O4S/c1-26(24,25)12-6-9(16(17,18)19)4-5-10(12)15(23)13-11(7-22)20-21-14(13)8-2-3-8/h4-6,8,22H,2-3,7H2,1H3,(H,20,21). The zero-order valence-electron chi connectivity index (χ0n) is 13.6. The van der Waals surface area contributed by atoms with Gasteiger partial charge in [-0.25, -0.2) is 8.42 Å². The van der Waals surface area contributed by atoms with E-state index in [0.29, 0.717) is 17.8 Å². The molecular formula is C16H15F3N2O4S. The second kappa shape index (κ2) is 6.20. The molecule has 10 heteroatoms. The normalized spacial score (nSPS) is 15.3. The number of benzene rings is 1. The van der Waals surface area contributed by atoms with E-state index in [0.717, 1.165) is 25.2 Å². The number of aromatic amines is 1. The van der Waals surface area contributed by atoms with Gasteiger partial charge >= 0.3 is 6.18 Å². The van der Waals surface area contributed by atoms with Crippen molar-refractivity contribution >= 4 is 15.6 Å². The minimum absolute atomic E-state index is 0.0154. The van der Waals surface area contributed by atoms with Crippen LogP contribution in [0.4, 0.5) is 13.2 Å². The topological polar surface area (TPSA) is 100 Å². The van der Waals surface area contributed by atoms with Crippen molar-refractivity contribution < 1.29 is 31.5 Å². The average molecular weight is 388 g/mol. The van der Waals surface area contributed by atoms with Crippen molar-refractivity contribution in [1.82, 2.24) is 10.2 Å². The number of ketones is 1. The largest absolute Gasteiger partial charge is 0.416 e. The highest BCUT2D eigenvalue weighted by Crippen LogP contribution is 2.42. The van der Waals surface area contributed by atoms with E-state index in [1.165, 1.54) is 0 Å². The number of carbonyl (C=O) groups is 1. The molecular weight excluding hydrogens is 373 g/mol. The lowest BCUT2D eigenvalue weighted by Gasteiger charge is -2.12. The van der Waals surface area contributed by atoms with Crippen LogP contribution in [0.1, 0.15) is 51.6 Å². The van der Waals surface area contributed by atoms with E-state index in [1.54, 1.807) is 0 Å². The third-order valence-corrected chi connectivity index (χ3v) is 5.31. The molecule has 2 N–H and O–H groups in total. The molecule has 1 aliphatic rings. The van der Waals surface area contributed by atoms with E-state index in [-0.39, 0.29) is 22.7 Å². The summed E-state index contributed by atoms with van der Waals surface area (Å²) in [7, 11) is -4.10. The molecule has 1 aromatic heterocycles. The fourth-order valence-electron chi connectivity index (χ4n) is 2.74. The molecule has 1 saturated carbocycles. The van der Waals surface area contributed by atoms with Crippen LogP contribution in [0.15, 0.2) is 23.1 Å². The zero-order chi connectivity index (χ0) is 19.3. The molecule has 3 rings (SSSR count). The van der Waals surface area contributed by atoms with Gasteiger partial charge in [-0.3, -0.25) is 9.89 Å². The minimum atomic E-state index is -4.74. The van der Waals surface area contributed by atoms with Crippen LogP contribution in [0.2, 0.25) is 0 Å². The van der Waals surface area contributed by atoms with Crippen molar-refractivity contribution in [1.29, 1.82) is 0 Å². The highest BCUT2D eigenvalue weighted by molar-refractivity contribution is 7.90. The molecule has 0 unspecified atom stereocenters. The molecule has 1 aliphatic carbocycles. The third-order valence-electron chi connectivity index (χ3n) is 4.17. The molecule has 0 aliphatic heterocycles. The SMILES string of the molecule is CS(=O)(=O)c1cc(C(F)(F)F)ccc1C(=O)c1c(C2CC2)n[nH]c1CO. The Hall–Kier alpha value is -2.20. The number of hydrogen-bond acceptors (Lipinski definition) is 5. The summed E-state index contributed by atoms with van der Waals surface area (Å²) in [6.07, 6.45) is -2.42. The van der Waals surface area contributed by atoms with Crippen LogP contribution in [0, 0.1) is 0 Å². The maximum Gasteiger partial charge on any atom is 0.416 e. The number of H-pyrrole nitrogens is 1. The number of alkyl halides is 3. The van der Waals surface area contributed by atoms with E-state index >= 15 is 0 Å². The van der Waals surface area contributed by atoms with Gasteiger partial charge in [-0.15, -0.1) is 0 Å². The Morgan fingerprint density at radius 2 is 2.00 bits per heavy atom. The fourth-order valence-corrected chi connectivity index (χ4v) is 3.64. The number of hydrogen-bond donors (Lipinski definition) is 2. The number of halogens is 3. The van der Waals surface area contributed by atoms with Crippen molar-refractivity contribution in [2.75, 3.05) is 6.26 Å². The average Bonchev–Trinajstić information content (AvgIpc) is 3.30. The second-order valence-corrected chi connectivity index (χ2v) is 8.19. The lowest BCUT2D eigenvalue weighted by atomic mass is 9.98. The van der Waals surface area contributed by atoms with Crippen molar-refractivity contribution in [2.45, 2.75) is 36.4 Å². The molecule has 6 nitrogen and oxygen atoms in total. The van der Waals surface area contributed by atoms with Gasteiger partial charge in [0.15, 0.2) is 15.6 Å². The Bertz CT molecular complexity index is 976. The molecule has 2 aromatic rings. The summed E-state index contributed by atoms with van der Waals surface area (Å²) < 4.78 is 62.8. The Balaban J connectivity index is 2.18. The minimum Gasteiger partial charge on any atom is -0.390 e. The van der Waals surface area contributed by atoms with Gasteiger partial charge in [-0.1, -0.05) is 0 Å². The number of aliphatic hydroxyl groups is 1. The molecule has 0 atom stereocenters. The van der Waals surface area contributed by atoms with E-state index < -0.39 is 38.9 Å². The van der Waals surface area contributed by atoms with E-state index in [9.17, 15) is 31.5 Å². The van der Waals surface area contributed by atoms with Gasteiger partial charge in [0.05, 0.1) is 34.0 Å². The first kappa shape index (κ1) is 18.6. The smallest absolute Gasteiger partial charge is 0.390 e. The summed E-state index contributed by atoms with van der Waals surface area (Å²) in [5, 5.41) is 16.0. The highest BCUT2D eigenvalue weighted by Gasteiger charge is 2.36. The first-order valence-electron chi connectivity index (χ1n) is 7.68. The summed E-state index contributed by atoms with van der Waals surface area (Å²) in [5.41, 5.74) is -1.00. The van der Waals surface area contributed by atoms with Crippen LogP contribution in [0.3, 0.4) is 0 Å². The van der Waals surface area contributed by atoms with Crippen molar-refractivity contribution in [3.8, 4) is 0 Å². The van der Waals surface area contributed by atoms with Gasteiger partial charge in [0, 0.05) is 17.7 Å². The molecule has 0 spiro atoms. The van der Waals surface area contributed by atoms with Crippen LogP contribution in [-0.2, 0) is 22.6 Å². The van der Waals surface area contributed by atoms with Crippen LogP contribution >= 0.6 is 0 Å². The number of nitrogens with one attached hydrogen (secondary N) is 1. The van der Waals surface area contributed by atoms with Gasteiger partial charge < -0.3 is 5.11 Å². The zero-order valence-corrected chi connectivity index (χ0v) is 14.4. The number of sulfone groups is 1. The molecule has 0 radical (unpaired) electrons. The number of rotatable bonds is 5. The predicted octanol–water partition coefficient (Wildman–Crippen LogP) is 2.43. The van der Waals surface area contributed by atoms with E-state index in [1.807, 2.05) is 0 Å². The molecule has 1 fully saturated rings. The Morgan fingerprint density at radius 3 is 2.50 bits per heavy atom. The number of aliphatic hydroxyl groups excluding tert-OH is 1. The van der Waals surface area contributed by atoms with E-state index in [4.69, 9.17) is 0 Å². The van der Waals surface area contributed by atoms with Gasteiger partial charge in [-0.05, 0) is 31.0 Å². The quantitative estimate of drug-likeness (QED) is 0.767. The summed E-state index contributed by atoms with van der Waals surface area (Å²) in [4.78, 5) is 12.2. The fraction of sp³-hybridized carbons (Fsp3) is 0.375. The van der Waals surface area contributed by atoms with Crippen LogP contribution in [-0.4, -0.2) is 35.8 Å². The first-order chi connectivity index (χ1) is 12.0. The molecule has 1 heterocycles. The Labute approximate surface area is 147 Å². The van der Waals surface area contributed by atoms with Gasteiger partial charge in [0.1, 0.15) is 0 Å². The summed E-state index contributed by atoms with van der Waals surface area (Å²) in [6, 6.07) is 1.97. The monoisotopic (exact) mass is 388 g/mol. The van der Waals surface area contributed by atoms with Gasteiger partial charge in [0.25, 0.3) is 0 Å². The van der Waals surface area contributed by atoms with Gasteiger partial charge in [0.2, 0.25) is 0 Å². The Morgan fingerprint density at radius 1 is 1.35 bits per heavy atom. The molecule has 0 bridgehead atoms. The maximum absolute atomic E-state index is 13.0. The predicted molar refractivity (Wildman–Crippen MR) is 84.5 cm³/mol. The summed E-state index contributed by atoms with van der Waals surface area (Å²) >= 11 is 0. The van der Waals surface area contributed by atoms with E-state index in [2.05, 4.69) is 10.2 Å². The lowest BCUT2D eigenvalue weighted by molar-refractivity contribution is -0.137. The number of nitrogens with zero attached hydrogens (tertiary/aromatic N) is 1. The maximum atomic E-state index is 13.0. The van der Waals surface area contributed by atoms with Gasteiger partial charge in [-0.2, -0.15) is 18.3 Å². The molecule has 1 aromatic carbocycles. The Kier molecular flexibility index (Phi) is 4.43. The highest BCUT2D eigenvalue weighted by atomic mass is 32.2. The second-order valence-electron chi connectivity index (χ2n) is 6.20. The number of aromatic nitrogens is 2. The van der Waals surface area contributed by atoms with Crippen LogP contribution in [0.25, 0.3) is 0 Å². The van der Waals surface area contributed by atoms with Crippen LogP contribution < -0.4 is 0 Å². The summed E-state index contributed by atoms with van der Waals surface area (Å²) in [6.45, 7) is -0.532. The van der Waals surface area contributed by atoms with Crippen molar-refractivity contribution in [3.63, 3.8) is 0 Å². The lowest BCUT2D eigenvalue weighted by Crippen LogP contribution is -2.14. The first-order valence-corrected chi connectivity index (χ1v) is 9.57. The number of carbonyl (C=O) groups excluding carboxylic acids is 1. The molecule has 26 heavy (non-hydrogen) atoms. The van der Waals surface area contributed by atoms with Crippen molar-refractivity contribution in [2.24, 2.45) is 0 Å². The third kappa shape index (κ3) is 3.38.